The van der Waals surface area contributed by atoms with Crippen LogP contribution < -0.4 is 10.6 Å². The number of halogens is 3. The van der Waals surface area contributed by atoms with Crippen LogP contribution in [0.4, 0.5) is 19.0 Å². The lowest BCUT2D eigenvalue weighted by Gasteiger charge is -2.25. The Kier molecular flexibility index (Phi) is 4.72. The number of alkyl halides is 3. The van der Waals surface area contributed by atoms with E-state index in [0.29, 0.717) is 24.5 Å². The van der Waals surface area contributed by atoms with Crippen molar-refractivity contribution in [2.75, 3.05) is 23.7 Å². The molecule has 1 aromatic heterocycles. The van der Waals surface area contributed by atoms with Gasteiger partial charge in [0.05, 0.1) is 0 Å². The van der Waals surface area contributed by atoms with Crippen LogP contribution in [0, 0.1) is 0 Å². The molecule has 0 spiro atoms. The van der Waals surface area contributed by atoms with Crippen molar-refractivity contribution in [3.05, 3.63) is 23.4 Å². The van der Waals surface area contributed by atoms with Crippen molar-refractivity contribution in [1.29, 1.82) is 0 Å². The van der Waals surface area contributed by atoms with Gasteiger partial charge in [-0.25, -0.2) is 4.98 Å². The van der Waals surface area contributed by atoms with Crippen LogP contribution in [0.25, 0.3) is 0 Å². The highest BCUT2D eigenvalue weighted by atomic mass is 32.2. The van der Waals surface area contributed by atoms with Crippen LogP contribution in [0.2, 0.25) is 0 Å². The highest BCUT2D eigenvalue weighted by Gasteiger charge is 2.34. The van der Waals surface area contributed by atoms with E-state index in [1.165, 1.54) is 6.07 Å². The van der Waals surface area contributed by atoms with Gasteiger partial charge in [-0.2, -0.15) is 24.9 Å². The summed E-state index contributed by atoms with van der Waals surface area (Å²) < 4.78 is 38.7. The van der Waals surface area contributed by atoms with Gasteiger partial charge in [-0.1, -0.05) is 19.9 Å². The number of hydrogen-bond donors (Lipinski definition) is 1. The number of hydrogen-bond acceptors (Lipinski definition) is 4. The third-order valence-corrected chi connectivity index (χ3v) is 4.98. The van der Waals surface area contributed by atoms with E-state index in [2.05, 4.69) is 18.8 Å². The van der Waals surface area contributed by atoms with Crippen LogP contribution in [0.15, 0.2) is 12.1 Å². The van der Waals surface area contributed by atoms with E-state index in [0.717, 1.165) is 18.2 Å². The van der Waals surface area contributed by atoms with Crippen LogP contribution >= 0.6 is 11.8 Å². The molecule has 2 heterocycles. The van der Waals surface area contributed by atoms with Gasteiger partial charge in [0.1, 0.15) is 11.5 Å². The Bertz CT molecular complexity index is 503. The van der Waals surface area contributed by atoms with E-state index in [9.17, 15) is 13.2 Å². The second-order valence-electron chi connectivity index (χ2n) is 5.73. The van der Waals surface area contributed by atoms with E-state index in [1.54, 1.807) is 0 Å². The van der Waals surface area contributed by atoms with Crippen LogP contribution in [-0.2, 0) is 12.7 Å². The first kappa shape index (κ1) is 16.4. The largest absolute Gasteiger partial charge is 0.433 e. The van der Waals surface area contributed by atoms with Crippen molar-refractivity contribution in [3.8, 4) is 0 Å². The molecule has 3 nitrogen and oxygen atoms in total. The standard InChI is InChI=1S/C14H20F3N3S/c1-13(2)5-6-20(7-8-21-13)12-10(9-18)3-4-11(19-12)14(15,16)17/h3-4H,5-9,18H2,1-2H3. The highest BCUT2D eigenvalue weighted by Crippen LogP contribution is 2.34. The molecule has 0 atom stereocenters. The van der Waals surface area contributed by atoms with Crippen molar-refractivity contribution in [1.82, 2.24) is 4.98 Å². The van der Waals surface area contributed by atoms with E-state index in [1.807, 2.05) is 16.7 Å². The number of aromatic nitrogens is 1. The fraction of sp³-hybridized carbons (Fsp3) is 0.643. The van der Waals surface area contributed by atoms with E-state index in [4.69, 9.17) is 5.73 Å². The average Bonchev–Trinajstić information content (AvgIpc) is 2.58. The zero-order chi connectivity index (χ0) is 15.7. The summed E-state index contributed by atoms with van der Waals surface area (Å²) in [4.78, 5) is 5.77. The molecule has 21 heavy (non-hydrogen) atoms. The number of nitrogens with two attached hydrogens (primary N) is 1. The molecule has 1 saturated heterocycles. The van der Waals surface area contributed by atoms with Gasteiger partial charge in [0.15, 0.2) is 0 Å². The molecule has 2 rings (SSSR count). The summed E-state index contributed by atoms with van der Waals surface area (Å²) >= 11 is 1.84. The van der Waals surface area contributed by atoms with Crippen molar-refractivity contribution >= 4 is 17.6 Å². The highest BCUT2D eigenvalue weighted by molar-refractivity contribution is 8.00. The first-order valence-corrected chi connectivity index (χ1v) is 7.87. The Labute approximate surface area is 127 Å². The third-order valence-electron chi connectivity index (χ3n) is 3.60. The van der Waals surface area contributed by atoms with Gasteiger partial charge in [-0.15, -0.1) is 0 Å². The van der Waals surface area contributed by atoms with Crippen LogP contribution in [0.3, 0.4) is 0 Å². The van der Waals surface area contributed by atoms with Crippen LogP contribution in [0.1, 0.15) is 31.5 Å². The van der Waals surface area contributed by atoms with Crippen LogP contribution in [0.5, 0.6) is 0 Å². The minimum absolute atomic E-state index is 0.138. The summed E-state index contributed by atoms with van der Waals surface area (Å²) in [6.45, 7) is 5.89. The topological polar surface area (TPSA) is 42.2 Å². The molecule has 1 fully saturated rings. The summed E-state index contributed by atoms with van der Waals surface area (Å²) in [5, 5.41) is 0. The molecular weight excluding hydrogens is 299 g/mol. The summed E-state index contributed by atoms with van der Waals surface area (Å²) in [5.74, 6) is 1.25. The molecule has 0 aromatic carbocycles. The monoisotopic (exact) mass is 319 g/mol. The molecule has 2 N–H and O–H groups in total. The maximum absolute atomic E-state index is 12.9. The second kappa shape index (κ2) is 6.04. The van der Waals surface area contributed by atoms with Crippen molar-refractivity contribution in [2.24, 2.45) is 5.73 Å². The molecule has 0 bridgehead atoms. The molecule has 0 unspecified atom stereocenters. The predicted molar refractivity (Wildman–Crippen MR) is 80.5 cm³/mol. The predicted octanol–water partition coefficient (Wildman–Crippen LogP) is 3.28. The maximum Gasteiger partial charge on any atom is 0.433 e. The summed E-state index contributed by atoms with van der Waals surface area (Å²) in [5.41, 5.74) is 5.46. The molecule has 0 radical (unpaired) electrons. The molecule has 1 aliphatic rings. The van der Waals surface area contributed by atoms with E-state index < -0.39 is 11.9 Å². The molecule has 1 aromatic rings. The fourth-order valence-electron chi connectivity index (χ4n) is 2.30. The summed E-state index contributed by atoms with van der Waals surface area (Å²) in [7, 11) is 0. The summed E-state index contributed by atoms with van der Waals surface area (Å²) in [6.07, 6.45) is -3.53. The Balaban J connectivity index is 2.32. The first-order valence-electron chi connectivity index (χ1n) is 6.89. The molecule has 0 amide bonds. The zero-order valence-corrected chi connectivity index (χ0v) is 13.0. The van der Waals surface area contributed by atoms with Gasteiger partial charge in [-0.3, -0.25) is 0 Å². The van der Waals surface area contributed by atoms with E-state index >= 15 is 0 Å². The fourth-order valence-corrected chi connectivity index (χ4v) is 3.40. The normalized spacial score (nSPS) is 19.4. The zero-order valence-electron chi connectivity index (χ0n) is 12.2. The van der Waals surface area contributed by atoms with Crippen molar-refractivity contribution in [3.63, 3.8) is 0 Å². The molecule has 0 aliphatic carbocycles. The minimum atomic E-state index is -4.43. The molecule has 118 valence electrons. The lowest BCUT2D eigenvalue weighted by Crippen LogP contribution is -2.30. The lowest BCUT2D eigenvalue weighted by atomic mass is 10.1. The molecule has 7 heteroatoms. The molecular formula is C14H20F3N3S. The summed E-state index contributed by atoms with van der Waals surface area (Å²) in [6, 6.07) is 2.44. The van der Waals surface area contributed by atoms with Crippen LogP contribution in [-0.4, -0.2) is 28.6 Å². The average molecular weight is 319 g/mol. The third kappa shape index (κ3) is 4.03. The SMILES string of the molecule is CC1(C)CCN(c2nc(C(F)(F)F)ccc2CN)CCS1. The Morgan fingerprint density at radius 1 is 1.33 bits per heavy atom. The van der Waals surface area contributed by atoms with Crippen molar-refractivity contribution in [2.45, 2.75) is 37.7 Å². The Morgan fingerprint density at radius 3 is 2.67 bits per heavy atom. The second-order valence-corrected chi connectivity index (χ2v) is 7.53. The molecule has 0 saturated carbocycles. The van der Waals surface area contributed by atoms with Gasteiger partial charge in [0, 0.05) is 35.7 Å². The molecule has 1 aliphatic heterocycles. The Hall–Kier alpha value is -0.950. The smallest absolute Gasteiger partial charge is 0.355 e. The number of pyridine rings is 1. The number of thioether (sulfide) groups is 1. The number of nitrogens with zero attached hydrogens (tertiary/aromatic N) is 2. The first-order chi connectivity index (χ1) is 9.73. The van der Waals surface area contributed by atoms with Crippen molar-refractivity contribution < 1.29 is 13.2 Å². The van der Waals surface area contributed by atoms with E-state index in [-0.39, 0.29) is 11.3 Å². The Morgan fingerprint density at radius 2 is 2.05 bits per heavy atom. The maximum atomic E-state index is 12.9. The van der Waals surface area contributed by atoms with Gasteiger partial charge < -0.3 is 10.6 Å². The minimum Gasteiger partial charge on any atom is -0.355 e. The number of rotatable bonds is 2. The van der Waals surface area contributed by atoms with Gasteiger partial charge in [0.25, 0.3) is 0 Å². The van der Waals surface area contributed by atoms with Gasteiger partial charge in [-0.05, 0) is 12.5 Å². The lowest BCUT2D eigenvalue weighted by molar-refractivity contribution is -0.141. The number of anilines is 1. The quantitative estimate of drug-likeness (QED) is 0.908. The van der Waals surface area contributed by atoms with Gasteiger partial charge >= 0.3 is 6.18 Å². The van der Waals surface area contributed by atoms with Gasteiger partial charge in [0.2, 0.25) is 0 Å².